The van der Waals surface area contributed by atoms with Gasteiger partial charge < -0.3 is 0 Å². The first-order valence-electron chi connectivity index (χ1n) is 11.4. The number of aromatic nitrogens is 3. The highest BCUT2D eigenvalue weighted by Crippen LogP contribution is 2.27. The molecular weight excluding hydrogens is 412 g/mol. The third kappa shape index (κ3) is 4.95. The van der Waals surface area contributed by atoms with Crippen molar-refractivity contribution >= 4 is 11.8 Å². The molecule has 0 amide bonds. The lowest BCUT2D eigenvalue weighted by Crippen LogP contribution is -2.30. The van der Waals surface area contributed by atoms with Crippen molar-refractivity contribution in [2.75, 3.05) is 13.1 Å². The number of benzene rings is 3. The van der Waals surface area contributed by atoms with Gasteiger partial charge in [-0.15, -0.1) is 10.2 Å². The highest BCUT2D eigenvalue weighted by Gasteiger charge is 2.18. The van der Waals surface area contributed by atoms with E-state index in [4.69, 9.17) is 0 Å². The Labute approximate surface area is 194 Å². The summed E-state index contributed by atoms with van der Waals surface area (Å²) in [6.07, 6.45) is 3.89. The second-order valence-corrected chi connectivity index (χ2v) is 9.20. The molecule has 0 bridgehead atoms. The molecule has 5 rings (SSSR count). The van der Waals surface area contributed by atoms with Crippen molar-refractivity contribution in [1.82, 2.24) is 19.7 Å². The molecule has 0 saturated carbocycles. The first-order chi connectivity index (χ1) is 15.9. The van der Waals surface area contributed by atoms with Crippen LogP contribution >= 0.6 is 11.8 Å². The lowest BCUT2D eigenvalue weighted by Gasteiger charge is -2.26. The van der Waals surface area contributed by atoms with Crippen molar-refractivity contribution in [3.63, 3.8) is 0 Å². The minimum Gasteiger partial charge on any atom is -0.296 e. The lowest BCUT2D eigenvalue weighted by atomic mass is 10.0. The zero-order valence-electron chi connectivity index (χ0n) is 18.2. The molecule has 0 N–H and O–H groups in total. The van der Waals surface area contributed by atoms with Gasteiger partial charge in [-0.05, 0) is 54.8 Å². The Hall–Kier alpha value is -2.89. The van der Waals surface area contributed by atoms with Gasteiger partial charge in [0.25, 0.3) is 0 Å². The van der Waals surface area contributed by atoms with Crippen LogP contribution in [-0.2, 0) is 12.3 Å². The van der Waals surface area contributed by atoms with Gasteiger partial charge in [0, 0.05) is 11.4 Å². The summed E-state index contributed by atoms with van der Waals surface area (Å²) >= 11 is 1.75. The van der Waals surface area contributed by atoms with E-state index in [2.05, 4.69) is 105 Å². The molecule has 1 aliphatic rings. The molecule has 1 fully saturated rings. The van der Waals surface area contributed by atoms with Crippen molar-refractivity contribution in [2.24, 2.45) is 0 Å². The summed E-state index contributed by atoms with van der Waals surface area (Å²) in [7, 11) is 0. The van der Waals surface area contributed by atoms with E-state index >= 15 is 0 Å². The normalized spacial score (nSPS) is 14.5. The van der Waals surface area contributed by atoms with Crippen LogP contribution < -0.4 is 0 Å². The van der Waals surface area contributed by atoms with E-state index in [1.165, 1.54) is 36.0 Å². The van der Waals surface area contributed by atoms with Crippen LogP contribution in [0.2, 0.25) is 0 Å². The van der Waals surface area contributed by atoms with Crippen molar-refractivity contribution in [1.29, 1.82) is 0 Å². The van der Waals surface area contributed by atoms with Crippen LogP contribution in [0.3, 0.4) is 0 Å². The maximum Gasteiger partial charge on any atom is 0.196 e. The number of hydrogen-bond acceptors (Lipinski definition) is 4. The Balaban J connectivity index is 1.34. The van der Waals surface area contributed by atoms with Crippen molar-refractivity contribution in [3.8, 4) is 16.8 Å². The number of thioether (sulfide) groups is 1. The Morgan fingerprint density at radius 1 is 0.688 bits per heavy atom. The molecular formula is C27H28N4S. The van der Waals surface area contributed by atoms with E-state index in [0.717, 1.165) is 42.1 Å². The van der Waals surface area contributed by atoms with Gasteiger partial charge in [-0.3, -0.25) is 9.47 Å². The molecule has 0 radical (unpaired) electrons. The summed E-state index contributed by atoms with van der Waals surface area (Å²) in [5, 5.41) is 10.1. The first-order valence-corrected chi connectivity index (χ1v) is 12.3. The largest absolute Gasteiger partial charge is 0.296 e. The number of para-hydroxylation sites is 1. The standard InChI is InChI=1S/C27H28N4S/c1-4-10-23(11-5-1)24-16-14-22(15-17-24)21-32-27-29-28-26(20-30-18-8-3-9-19-30)31(27)25-12-6-2-7-13-25/h1-2,4-7,10-17H,3,8-9,18-21H2. The van der Waals surface area contributed by atoms with Gasteiger partial charge in [-0.2, -0.15) is 0 Å². The molecule has 5 heteroatoms. The second kappa shape index (κ2) is 10.2. The number of piperidine rings is 1. The first kappa shape index (κ1) is 21.0. The summed E-state index contributed by atoms with van der Waals surface area (Å²) in [6.45, 7) is 3.16. The van der Waals surface area contributed by atoms with Crippen molar-refractivity contribution in [2.45, 2.75) is 36.7 Å². The Morgan fingerprint density at radius 2 is 1.34 bits per heavy atom. The molecule has 0 unspecified atom stereocenters. The molecule has 0 atom stereocenters. The lowest BCUT2D eigenvalue weighted by molar-refractivity contribution is 0.214. The number of nitrogens with zero attached hydrogens (tertiary/aromatic N) is 4. The molecule has 32 heavy (non-hydrogen) atoms. The monoisotopic (exact) mass is 440 g/mol. The van der Waals surface area contributed by atoms with Crippen LogP contribution in [0.25, 0.3) is 16.8 Å². The van der Waals surface area contributed by atoms with Gasteiger partial charge in [0.15, 0.2) is 11.0 Å². The summed E-state index contributed by atoms with van der Waals surface area (Å²) in [4.78, 5) is 2.50. The Bertz CT molecular complexity index is 1120. The van der Waals surface area contributed by atoms with Gasteiger partial charge in [-0.25, -0.2) is 0 Å². The predicted molar refractivity (Wildman–Crippen MR) is 132 cm³/mol. The van der Waals surface area contributed by atoms with E-state index in [-0.39, 0.29) is 0 Å². The van der Waals surface area contributed by atoms with Gasteiger partial charge in [0.1, 0.15) is 0 Å². The van der Waals surface area contributed by atoms with Crippen LogP contribution in [0.15, 0.2) is 90.1 Å². The summed E-state index contributed by atoms with van der Waals surface area (Å²) in [6, 6.07) is 29.8. The van der Waals surface area contributed by atoms with Gasteiger partial charge in [0.05, 0.1) is 6.54 Å². The fourth-order valence-electron chi connectivity index (χ4n) is 4.22. The maximum atomic E-state index is 4.60. The van der Waals surface area contributed by atoms with E-state index in [1.54, 1.807) is 11.8 Å². The third-order valence-corrected chi connectivity index (χ3v) is 6.96. The van der Waals surface area contributed by atoms with Crippen molar-refractivity contribution < 1.29 is 0 Å². The quantitative estimate of drug-likeness (QED) is 0.320. The number of hydrogen-bond donors (Lipinski definition) is 0. The molecule has 0 aliphatic carbocycles. The number of rotatable bonds is 7. The molecule has 1 aliphatic heterocycles. The van der Waals surface area contributed by atoms with Crippen molar-refractivity contribution in [3.05, 3.63) is 96.3 Å². The summed E-state index contributed by atoms with van der Waals surface area (Å²) in [5.41, 5.74) is 4.91. The zero-order valence-corrected chi connectivity index (χ0v) is 19.0. The highest BCUT2D eigenvalue weighted by atomic mass is 32.2. The SMILES string of the molecule is c1ccc(-c2ccc(CSc3nnc(CN4CCCCC4)n3-c3ccccc3)cc2)cc1. The highest BCUT2D eigenvalue weighted by molar-refractivity contribution is 7.98. The van der Waals surface area contributed by atoms with Crippen LogP contribution in [0.1, 0.15) is 30.7 Å². The minimum atomic E-state index is 0.855. The zero-order chi connectivity index (χ0) is 21.6. The van der Waals surface area contributed by atoms with Gasteiger partial charge >= 0.3 is 0 Å². The van der Waals surface area contributed by atoms with E-state index < -0.39 is 0 Å². The number of likely N-dealkylation sites (tertiary alicyclic amines) is 1. The van der Waals surface area contributed by atoms with Crippen LogP contribution in [0.4, 0.5) is 0 Å². The molecule has 2 heterocycles. The molecule has 1 saturated heterocycles. The molecule has 162 valence electrons. The van der Waals surface area contributed by atoms with Crippen LogP contribution in [0.5, 0.6) is 0 Å². The molecule has 0 spiro atoms. The second-order valence-electron chi connectivity index (χ2n) is 8.26. The summed E-state index contributed by atoms with van der Waals surface area (Å²) in [5.74, 6) is 1.89. The summed E-state index contributed by atoms with van der Waals surface area (Å²) < 4.78 is 2.23. The van der Waals surface area contributed by atoms with E-state index in [9.17, 15) is 0 Å². The molecule has 4 nitrogen and oxygen atoms in total. The Morgan fingerprint density at radius 3 is 2.06 bits per heavy atom. The topological polar surface area (TPSA) is 34.0 Å². The fourth-order valence-corrected chi connectivity index (χ4v) is 5.15. The predicted octanol–water partition coefficient (Wildman–Crippen LogP) is 6.21. The average molecular weight is 441 g/mol. The third-order valence-electron chi connectivity index (χ3n) is 5.96. The average Bonchev–Trinajstić information content (AvgIpc) is 3.27. The van der Waals surface area contributed by atoms with E-state index in [1.807, 2.05) is 0 Å². The smallest absolute Gasteiger partial charge is 0.196 e. The fraction of sp³-hybridized carbons (Fsp3) is 0.259. The van der Waals surface area contributed by atoms with E-state index in [0.29, 0.717) is 0 Å². The molecule has 4 aromatic rings. The van der Waals surface area contributed by atoms with Gasteiger partial charge in [0.2, 0.25) is 0 Å². The molecule has 3 aromatic carbocycles. The van der Waals surface area contributed by atoms with Gasteiger partial charge in [-0.1, -0.05) is 91.0 Å². The minimum absolute atomic E-state index is 0.855. The van der Waals surface area contributed by atoms with Crippen LogP contribution in [0, 0.1) is 0 Å². The molecule has 1 aromatic heterocycles. The maximum absolute atomic E-state index is 4.60. The van der Waals surface area contributed by atoms with Crippen LogP contribution in [-0.4, -0.2) is 32.8 Å². The Kier molecular flexibility index (Phi) is 6.66.